The van der Waals surface area contributed by atoms with E-state index in [2.05, 4.69) is 48.1 Å². The van der Waals surface area contributed by atoms with Gasteiger partial charge in [-0.25, -0.2) is 0 Å². The number of benzene rings is 2. The molecular formula is C22H22N2O. The summed E-state index contributed by atoms with van der Waals surface area (Å²) in [6.07, 6.45) is 5.49. The normalized spacial score (nSPS) is 11.6. The lowest BCUT2D eigenvalue weighted by atomic mass is 10.1. The fourth-order valence-electron chi connectivity index (χ4n) is 2.50. The van der Waals surface area contributed by atoms with Gasteiger partial charge in [-0.3, -0.25) is 9.98 Å². The van der Waals surface area contributed by atoms with Gasteiger partial charge in [0.1, 0.15) is 11.5 Å². The maximum absolute atomic E-state index is 5.74. The molecule has 0 amide bonds. The van der Waals surface area contributed by atoms with Crippen molar-refractivity contribution in [3.63, 3.8) is 0 Å². The molecule has 0 aliphatic heterocycles. The molecule has 3 rings (SSSR count). The first-order valence-corrected chi connectivity index (χ1v) is 8.62. The SMILES string of the molecule is CCc1cccc(N=Cc2ccc(C=Nc3cccc(CC)c3)o2)c1. The first-order chi connectivity index (χ1) is 12.3. The number of aryl methyl sites for hydroxylation is 2. The van der Waals surface area contributed by atoms with E-state index in [1.807, 2.05) is 36.4 Å². The summed E-state index contributed by atoms with van der Waals surface area (Å²) in [5.41, 5.74) is 4.41. The fraction of sp³-hybridized carbons (Fsp3) is 0.182. The molecule has 0 saturated carbocycles. The Morgan fingerprint density at radius 2 is 1.20 bits per heavy atom. The Bertz CT molecular complexity index is 818. The van der Waals surface area contributed by atoms with Crippen LogP contribution >= 0.6 is 0 Å². The van der Waals surface area contributed by atoms with E-state index in [-0.39, 0.29) is 0 Å². The van der Waals surface area contributed by atoms with Crippen molar-refractivity contribution in [3.05, 3.63) is 83.3 Å². The number of nitrogens with zero attached hydrogens (tertiary/aromatic N) is 2. The third kappa shape index (κ3) is 4.77. The second-order valence-electron chi connectivity index (χ2n) is 5.80. The molecular weight excluding hydrogens is 308 g/mol. The van der Waals surface area contributed by atoms with Crippen molar-refractivity contribution in [1.29, 1.82) is 0 Å². The van der Waals surface area contributed by atoms with Crippen LogP contribution in [0, 0.1) is 0 Å². The van der Waals surface area contributed by atoms with E-state index in [1.165, 1.54) is 11.1 Å². The first kappa shape index (κ1) is 16.9. The maximum atomic E-state index is 5.74. The van der Waals surface area contributed by atoms with Gasteiger partial charge in [0, 0.05) is 0 Å². The van der Waals surface area contributed by atoms with Crippen molar-refractivity contribution in [2.75, 3.05) is 0 Å². The molecule has 25 heavy (non-hydrogen) atoms. The molecule has 0 aliphatic carbocycles. The molecule has 3 aromatic rings. The quantitative estimate of drug-likeness (QED) is 0.518. The number of furan rings is 1. The molecule has 0 unspecified atom stereocenters. The summed E-state index contributed by atoms with van der Waals surface area (Å²) < 4.78 is 5.74. The average molecular weight is 330 g/mol. The lowest BCUT2D eigenvalue weighted by molar-refractivity contribution is 0.553. The van der Waals surface area contributed by atoms with Crippen LogP contribution in [-0.4, -0.2) is 12.4 Å². The Balaban J connectivity index is 1.69. The van der Waals surface area contributed by atoms with Gasteiger partial charge < -0.3 is 4.42 Å². The molecule has 0 spiro atoms. The zero-order chi connectivity index (χ0) is 17.5. The highest BCUT2D eigenvalue weighted by Crippen LogP contribution is 2.16. The standard InChI is InChI=1S/C22H22N2O/c1-3-17-7-5-9-19(13-17)23-15-21-11-12-22(25-21)16-24-20-10-6-8-18(4-2)14-20/h5-16H,3-4H2,1-2H3. The van der Waals surface area contributed by atoms with E-state index in [4.69, 9.17) is 4.42 Å². The zero-order valence-corrected chi connectivity index (χ0v) is 14.6. The minimum atomic E-state index is 0.714. The Morgan fingerprint density at radius 1 is 0.720 bits per heavy atom. The molecule has 0 bridgehead atoms. The van der Waals surface area contributed by atoms with Gasteiger partial charge in [0.2, 0.25) is 0 Å². The van der Waals surface area contributed by atoms with Gasteiger partial charge in [-0.2, -0.15) is 0 Å². The van der Waals surface area contributed by atoms with E-state index in [0.29, 0.717) is 11.5 Å². The molecule has 1 aromatic heterocycles. The fourth-order valence-corrected chi connectivity index (χ4v) is 2.50. The smallest absolute Gasteiger partial charge is 0.145 e. The van der Waals surface area contributed by atoms with Gasteiger partial charge in [-0.15, -0.1) is 0 Å². The third-order valence-electron chi connectivity index (χ3n) is 3.97. The molecule has 1 heterocycles. The highest BCUT2D eigenvalue weighted by Gasteiger charge is 1.98. The maximum Gasteiger partial charge on any atom is 0.145 e. The van der Waals surface area contributed by atoms with Gasteiger partial charge in [-0.1, -0.05) is 38.1 Å². The third-order valence-corrected chi connectivity index (χ3v) is 3.97. The first-order valence-electron chi connectivity index (χ1n) is 8.62. The summed E-state index contributed by atoms with van der Waals surface area (Å²) >= 11 is 0. The topological polar surface area (TPSA) is 37.9 Å². The Morgan fingerprint density at radius 3 is 1.64 bits per heavy atom. The summed E-state index contributed by atoms with van der Waals surface area (Å²) in [5.74, 6) is 1.43. The number of hydrogen-bond acceptors (Lipinski definition) is 3. The van der Waals surface area contributed by atoms with E-state index in [0.717, 1.165) is 24.2 Å². The van der Waals surface area contributed by atoms with Gasteiger partial charge in [0.15, 0.2) is 0 Å². The highest BCUT2D eigenvalue weighted by atomic mass is 16.3. The molecule has 3 nitrogen and oxygen atoms in total. The van der Waals surface area contributed by atoms with Crippen LogP contribution in [0.4, 0.5) is 11.4 Å². The van der Waals surface area contributed by atoms with E-state index >= 15 is 0 Å². The number of rotatable bonds is 6. The van der Waals surface area contributed by atoms with Crippen molar-refractivity contribution in [2.45, 2.75) is 26.7 Å². The largest absolute Gasteiger partial charge is 0.454 e. The van der Waals surface area contributed by atoms with Gasteiger partial charge >= 0.3 is 0 Å². The molecule has 0 saturated heterocycles. The Hall–Kier alpha value is -2.94. The van der Waals surface area contributed by atoms with Crippen LogP contribution in [-0.2, 0) is 12.8 Å². The van der Waals surface area contributed by atoms with Crippen LogP contribution < -0.4 is 0 Å². The minimum absolute atomic E-state index is 0.714. The van der Waals surface area contributed by atoms with Crippen molar-refractivity contribution in [3.8, 4) is 0 Å². The highest BCUT2D eigenvalue weighted by molar-refractivity contribution is 5.83. The van der Waals surface area contributed by atoms with Crippen LogP contribution in [0.1, 0.15) is 36.5 Å². The molecule has 0 fully saturated rings. The predicted molar refractivity (Wildman–Crippen MR) is 105 cm³/mol. The predicted octanol–water partition coefficient (Wildman–Crippen LogP) is 5.91. The van der Waals surface area contributed by atoms with Crippen LogP contribution in [0.15, 0.2) is 75.1 Å². The summed E-state index contributed by atoms with van der Waals surface area (Å²) in [5, 5.41) is 0. The van der Waals surface area contributed by atoms with E-state index in [9.17, 15) is 0 Å². The van der Waals surface area contributed by atoms with E-state index in [1.54, 1.807) is 12.4 Å². The summed E-state index contributed by atoms with van der Waals surface area (Å²) in [7, 11) is 0. The lowest BCUT2D eigenvalue weighted by Crippen LogP contribution is -1.80. The van der Waals surface area contributed by atoms with Crippen LogP contribution in [0.25, 0.3) is 0 Å². The van der Waals surface area contributed by atoms with E-state index < -0.39 is 0 Å². The zero-order valence-electron chi connectivity index (χ0n) is 14.6. The van der Waals surface area contributed by atoms with Crippen molar-refractivity contribution in [1.82, 2.24) is 0 Å². The lowest BCUT2D eigenvalue weighted by Gasteiger charge is -1.97. The van der Waals surface area contributed by atoms with Crippen molar-refractivity contribution >= 4 is 23.8 Å². The Kier molecular flexibility index (Phi) is 5.57. The van der Waals surface area contributed by atoms with Gasteiger partial charge in [-0.05, 0) is 60.4 Å². The number of hydrogen-bond donors (Lipinski definition) is 0. The average Bonchev–Trinajstić information content (AvgIpc) is 3.13. The summed E-state index contributed by atoms with van der Waals surface area (Å²) in [6.45, 7) is 4.27. The molecule has 0 radical (unpaired) electrons. The van der Waals surface area contributed by atoms with Gasteiger partial charge in [0.25, 0.3) is 0 Å². The monoisotopic (exact) mass is 330 g/mol. The van der Waals surface area contributed by atoms with Crippen molar-refractivity contribution < 1.29 is 4.42 Å². The van der Waals surface area contributed by atoms with Gasteiger partial charge in [0.05, 0.1) is 23.8 Å². The molecule has 0 N–H and O–H groups in total. The van der Waals surface area contributed by atoms with Crippen molar-refractivity contribution in [2.24, 2.45) is 9.98 Å². The minimum Gasteiger partial charge on any atom is -0.454 e. The van der Waals surface area contributed by atoms with Crippen LogP contribution in [0.2, 0.25) is 0 Å². The number of aliphatic imine (C=N–C) groups is 2. The second kappa shape index (κ2) is 8.25. The summed E-state index contributed by atoms with van der Waals surface area (Å²) in [4.78, 5) is 8.95. The molecule has 0 aliphatic rings. The molecule has 3 heteroatoms. The summed E-state index contributed by atoms with van der Waals surface area (Å²) in [6, 6.07) is 20.2. The molecule has 2 aromatic carbocycles. The molecule has 0 atom stereocenters. The second-order valence-corrected chi connectivity index (χ2v) is 5.80. The van der Waals surface area contributed by atoms with Crippen LogP contribution in [0.5, 0.6) is 0 Å². The Labute approximate surface area is 148 Å². The molecule has 126 valence electrons. The van der Waals surface area contributed by atoms with Crippen LogP contribution in [0.3, 0.4) is 0 Å².